The highest BCUT2D eigenvalue weighted by atomic mass is 35.5. The molecule has 1 aromatic rings. The van der Waals surface area contributed by atoms with Gasteiger partial charge in [0.05, 0.1) is 10.7 Å². The summed E-state index contributed by atoms with van der Waals surface area (Å²) in [6, 6.07) is 5.38. The number of rotatable bonds is 1. The summed E-state index contributed by atoms with van der Waals surface area (Å²) >= 11 is 12.1. The zero-order valence-electron chi connectivity index (χ0n) is 12.7. The van der Waals surface area contributed by atoms with E-state index in [1.54, 1.807) is 18.2 Å². The van der Waals surface area contributed by atoms with Gasteiger partial charge in [0, 0.05) is 24.2 Å². The van der Waals surface area contributed by atoms with Gasteiger partial charge in [0.25, 0.3) is 0 Å². The fraction of sp³-hybridized carbons (Fsp3) is 0.562. The van der Waals surface area contributed by atoms with Crippen molar-refractivity contribution >= 4 is 34.9 Å². The van der Waals surface area contributed by atoms with Gasteiger partial charge in [0.2, 0.25) is 0 Å². The zero-order valence-corrected chi connectivity index (χ0v) is 14.2. The van der Waals surface area contributed by atoms with Crippen molar-refractivity contribution in [3.05, 3.63) is 28.2 Å². The summed E-state index contributed by atoms with van der Waals surface area (Å²) in [6.07, 6.45) is 3.31. The summed E-state index contributed by atoms with van der Waals surface area (Å²) in [6.45, 7) is 2.93. The van der Waals surface area contributed by atoms with E-state index in [9.17, 15) is 4.79 Å². The number of urea groups is 1. The number of halogens is 2. The molecular formula is C16H21Cl2N3O. The van der Waals surface area contributed by atoms with Crippen LogP contribution in [0, 0.1) is 5.92 Å². The fourth-order valence-electron chi connectivity index (χ4n) is 3.62. The molecule has 0 bridgehead atoms. The summed E-state index contributed by atoms with van der Waals surface area (Å²) in [7, 11) is 2.15. The van der Waals surface area contributed by atoms with Crippen LogP contribution in [0.25, 0.3) is 0 Å². The van der Waals surface area contributed by atoms with Crippen LogP contribution in [0.15, 0.2) is 18.2 Å². The van der Waals surface area contributed by atoms with Gasteiger partial charge in [-0.05, 0) is 57.0 Å². The molecule has 0 aromatic heterocycles. The average molecular weight is 342 g/mol. The molecule has 2 heterocycles. The topological polar surface area (TPSA) is 35.6 Å². The number of piperidine rings is 2. The van der Waals surface area contributed by atoms with Crippen molar-refractivity contribution in [2.45, 2.75) is 25.3 Å². The number of carbonyl (C=O) groups is 1. The smallest absolute Gasteiger partial charge is 0.321 e. The Labute approximate surface area is 141 Å². The molecule has 0 unspecified atom stereocenters. The van der Waals surface area contributed by atoms with Crippen molar-refractivity contribution in [3.63, 3.8) is 0 Å². The molecule has 3 rings (SSSR count). The third-order valence-corrected chi connectivity index (χ3v) is 5.27. The lowest BCUT2D eigenvalue weighted by Crippen LogP contribution is -2.56. The number of anilines is 1. The maximum Gasteiger partial charge on any atom is 0.322 e. The predicted molar refractivity (Wildman–Crippen MR) is 90.8 cm³/mol. The lowest BCUT2D eigenvalue weighted by Gasteiger charge is -2.46. The number of fused-ring (bicyclic) bond motifs is 1. The van der Waals surface area contributed by atoms with Gasteiger partial charge in [0.15, 0.2) is 0 Å². The Morgan fingerprint density at radius 2 is 2.09 bits per heavy atom. The highest BCUT2D eigenvalue weighted by Gasteiger charge is 2.37. The first-order valence-corrected chi connectivity index (χ1v) is 8.51. The van der Waals surface area contributed by atoms with E-state index in [1.807, 2.05) is 4.90 Å². The van der Waals surface area contributed by atoms with Gasteiger partial charge in [-0.15, -0.1) is 0 Å². The van der Waals surface area contributed by atoms with Gasteiger partial charge in [-0.1, -0.05) is 23.2 Å². The Hall–Kier alpha value is -0.970. The second kappa shape index (κ2) is 6.65. The molecule has 2 fully saturated rings. The maximum absolute atomic E-state index is 12.7. The van der Waals surface area contributed by atoms with Crippen LogP contribution in [0.5, 0.6) is 0 Å². The second-order valence-electron chi connectivity index (χ2n) is 6.27. The van der Waals surface area contributed by atoms with Crippen LogP contribution in [0.2, 0.25) is 10.0 Å². The molecule has 22 heavy (non-hydrogen) atoms. The Balaban J connectivity index is 1.72. The first-order valence-electron chi connectivity index (χ1n) is 7.76. The molecule has 2 saturated heterocycles. The Kier molecular flexibility index (Phi) is 4.81. The molecular weight excluding hydrogens is 321 g/mol. The third-order valence-electron chi connectivity index (χ3n) is 4.70. The molecule has 120 valence electrons. The molecule has 2 atom stereocenters. The SMILES string of the molecule is CN1CC[C@@H]2[C@H](CCCN2C(=O)Nc2cc(Cl)ccc2Cl)C1. The predicted octanol–water partition coefficient (Wildman–Crippen LogP) is 3.94. The minimum absolute atomic E-state index is 0.0663. The largest absolute Gasteiger partial charge is 0.322 e. The van der Waals surface area contributed by atoms with E-state index >= 15 is 0 Å². The van der Waals surface area contributed by atoms with Crippen molar-refractivity contribution in [2.24, 2.45) is 5.92 Å². The second-order valence-corrected chi connectivity index (χ2v) is 7.11. The van der Waals surface area contributed by atoms with Gasteiger partial charge in [-0.3, -0.25) is 0 Å². The summed E-state index contributed by atoms with van der Waals surface area (Å²) in [5.41, 5.74) is 0.578. The van der Waals surface area contributed by atoms with E-state index in [2.05, 4.69) is 17.3 Å². The summed E-state index contributed by atoms with van der Waals surface area (Å²) in [5, 5.41) is 4.00. The monoisotopic (exact) mass is 341 g/mol. The van der Waals surface area contributed by atoms with Crippen LogP contribution in [-0.4, -0.2) is 48.6 Å². The minimum atomic E-state index is -0.0663. The number of likely N-dealkylation sites (tertiary alicyclic amines) is 2. The van der Waals surface area contributed by atoms with E-state index in [1.165, 1.54) is 6.42 Å². The van der Waals surface area contributed by atoms with E-state index in [-0.39, 0.29) is 6.03 Å². The van der Waals surface area contributed by atoms with Gasteiger partial charge in [-0.2, -0.15) is 0 Å². The van der Waals surface area contributed by atoms with Crippen LogP contribution in [-0.2, 0) is 0 Å². The molecule has 4 nitrogen and oxygen atoms in total. The van der Waals surface area contributed by atoms with Gasteiger partial charge >= 0.3 is 6.03 Å². The molecule has 0 saturated carbocycles. The third kappa shape index (κ3) is 3.34. The Morgan fingerprint density at radius 3 is 2.91 bits per heavy atom. The summed E-state index contributed by atoms with van der Waals surface area (Å²) in [5.74, 6) is 0.577. The van der Waals surface area contributed by atoms with Crippen molar-refractivity contribution in [3.8, 4) is 0 Å². The summed E-state index contributed by atoms with van der Waals surface area (Å²) < 4.78 is 0. The van der Waals surface area contributed by atoms with E-state index in [4.69, 9.17) is 23.2 Å². The van der Waals surface area contributed by atoms with Crippen LogP contribution < -0.4 is 5.32 Å². The Morgan fingerprint density at radius 1 is 1.27 bits per heavy atom. The number of amides is 2. The quantitative estimate of drug-likeness (QED) is 0.839. The normalized spacial score (nSPS) is 25.7. The highest BCUT2D eigenvalue weighted by Crippen LogP contribution is 2.31. The van der Waals surface area contributed by atoms with E-state index < -0.39 is 0 Å². The molecule has 1 aromatic carbocycles. The number of benzene rings is 1. The average Bonchev–Trinajstić information content (AvgIpc) is 2.50. The molecule has 2 aliphatic rings. The van der Waals surface area contributed by atoms with Gasteiger partial charge < -0.3 is 15.1 Å². The fourth-order valence-corrected chi connectivity index (χ4v) is 3.95. The molecule has 0 aliphatic carbocycles. The van der Waals surface area contributed by atoms with Crippen LogP contribution >= 0.6 is 23.2 Å². The van der Waals surface area contributed by atoms with Crippen molar-refractivity contribution in [2.75, 3.05) is 32.0 Å². The van der Waals surface area contributed by atoms with E-state index in [0.717, 1.165) is 32.5 Å². The minimum Gasteiger partial charge on any atom is -0.321 e. The van der Waals surface area contributed by atoms with Crippen molar-refractivity contribution in [1.29, 1.82) is 0 Å². The number of nitrogens with one attached hydrogen (secondary N) is 1. The molecule has 6 heteroatoms. The van der Waals surface area contributed by atoms with E-state index in [0.29, 0.717) is 27.7 Å². The number of nitrogens with zero attached hydrogens (tertiary/aromatic N) is 2. The van der Waals surface area contributed by atoms with Crippen LogP contribution in [0.1, 0.15) is 19.3 Å². The molecule has 2 amide bonds. The standard InChI is InChI=1S/C16H21Cl2N3O/c1-20-8-6-15-11(10-20)3-2-7-21(15)16(22)19-14-9-12(17)4-5-13(14)18/h4-5,9,11,15H,2-3,6-8,10H2,1H3,(H,19,22)/t11-,15-/m1/s1. The number of hydrogen-bond donors (Lipinski definition) is 1. The first kappa shape index (κ1) is 15.9. The van der Waals surface area contributed by atoms with Crippen molar-refractivity contribution < 1.29 is 4.79 Å². The first-order chi connectivity index (χ1) is 10.5. The molecule has 0 radical (unpaired) electrons. The number of hydrogen-bond acceptors (Lipinski definition) is 2. The maximum atomic E-state index is 12.7. The molecule has 1 N–H and O–H groups in total. The van der Waals surface area contributed by atoms with Crippen LogP contribution in [0.3, 0.4) is 0 Å². The zero-order chi connectivity index (χ0) is 15.7. The lowest BCUT2D eigenvalue weighted by molar-refractivity contribution is 0.0579. The van der Waals surface area contributed by atoms with Gasteiger partial charge in [0.1, 0.15) is 0 Å². The lowest BCUT2D eigenvalue weighted by atomic mass is 9.84. The highest BCUT2D eigenvalue weighted by molar-refractivity contribution is 6.35. The molecule has 0 spiro atoms. The van der Waals surface area contributed by atoms with Crippen molar-refractivity contribution in [1.82, 2.24) is 9.80 Å². The van der Waals surface area contributed by atoms with Crippen LogP contribution in [0.4, 0.5) is 10.5 Å². The summed E-state index contributed by atoms with van der Waals surface area (Å²) in [4.78, 5) is 17.0. The van der Waals surface area contributed by atoms with Gasteiger partial charge in [-0.25, -0.2) is 4.79 Å². The number of carbonyl (C=O) groups excluding carboxylic acids is 1. The molecule has 2 aliphatic heterocycles. The Bertz CT molecular complexity index is 566.